The van der Waals surface area contributed by atoms with E-state index in [1.165, 1.54) is 83.5 Å². The van der Waals surface area contributed by atoms with Crippen molar-refractivity contribution in [3.8, 4) is 6.07 Å². The van der Waals surface area contributed by atoms with Crippen LogP contribution in [0.5, 0.6) is 0 Å². The monoisotopic (exact) mass is 402 g/mol. The predicted octanol–water partition coefficient (Wildman–Crippen LogP) is 7.97. The van der Waals surface area contributed by atoms with Crippen molar-refractivity contribution in [3.63, 3.8) is 0 Å². The Bertz CT molecular complexity index is 613. The molecule has 0 aliphatic carbocycles. The van der Waals surface area contributed by atoms with Gasteiger partial charge in [0, 0.05) is 12.0 Å². The lowest BCUT2D eigenvalue weighted by atomic mass is 10.0. The average molecular weight is 403 g/mol. The molecule has 1 aromatic heterocycles. The number of anilines is 1. The molecule has 29 heavy (non-hydrogen) atoms. The fraction of sp³-hybridized carbons (Fsp3) is 0.760. The Morgan fingerprint density at radius 1 is 0.828 bits per heavy atom. The quantitative estimate of drug-likeness (QED) is 0.269. The van der Waals surface area contributed by atoms with Gasteiger partial charge in [-0.15, -0.1) is 0 Å². The van der Waals surface area contributed by atoms with Crippen LogP contribution in [0.25, 0.3) is 0 Å². The molecule has 0 aliphatic rings. The van der Waals surface area contributed by atoms with E-state index < -0.39 is 0 Å². The number of rotatable bonds is 17. The first-order valence-electron chi connectivity index (χ1n) is 11.9. The van der Waals surface area contributed by atoms with Gasteiger partial charge < -0.3 is 4.42 Å². The van der Waals surface area contributed by atoms with Crippen molar-refractivity contribution >= 4 is 11.8 Å². The van der Waals surface area contributed by atoms with Crippen LogP contribution in [-0.4, -0.2) is 5.91 Å². The molecular weight excluding hydrogens is 360 g/mol. The number of hydrogen-bond donors (Lipinski definition) is 1. The van der Waals surface area contributed by atoms with Gasteiger partial charge in [-0.1, -0.05) is 96.8 Å². The Labute approximate surface area is 178 Å². The van der Waals surface area contributed by atoms with Gasteiger partial charge in [0.15, 0.2) is 0 Å². The molecule has 0 saturated carbocycles. The summed E-state index contributed by atoms with van der Waals surface area (Å²) in [7, 11) is 0. The van der Waals surface area contributed by atoms with Gasteiger partial charge in [-0.2, -0.15) is 5.26 Å². The Kier molecular flexibility index (Phi) is 14.0. The number of carbonyl (C=O) groups is 1. The maximum atomic E-state index is 12.1. The highest BCUT2D eigenvalue weighted by Gasteiger charge is 2.16. The highest BCUT2D eigenvalue weighted by atomic mass is 16.4. The maximum absolute atomic E-state index is 12.1. The van der Waals surface area contributed by atoms with Gasteiger partial charge in [0.2, 0.25) is 11.8 Å². The Morgan fingerprint density at radius 3 is 1.72 bits per heavy atom. The summed E-state index contributed by atoms with van der Waals surface area (Å²) in [6.45, 7) is 5.91. The summed E-state index contributed by atoms with van der Waals surface area (Å²) in [5.41, 5.74) is 1.24. The van der Waals surface area contributed by atoms with Gasteiger partial charge >= 0.3 is 0 Å². The summed E-state index contributed by atoms with van der Waals surface area (Å²) < 4.78 is 5.48. The molecule has 0 unspecified atom stereocenters. The van der Waals surface area contributed by atoms with Gasteiger partial charge in [0.1, 0.15) is 17.4 Å². The van der Waals surface area contributed by atoms with Crippen LogP contribution >= 0.6 is 0 Å². The molecule has 1 amide bonds. The van der Waals surface area contributed by atoms with E-state index in [0.717, 1.165) is 18.4 Å². The third-order valence-electron chi connectivity index (χ3n) is 5.76. The Hall–Kier alpha value is -1.76. The number of unbranched alkanes of at least 4 members (excludes halogenated alkanes) is 14. The van der Waals surface area contributed by atoms with Crippen molar-refractivity contribution in [1.82, 2.24) is 0 Å². The number of hydrogen-bond acceptors (Lipinski definition) is 3. The van der Waals surface area contributed by atoms with Crippen LogP contribution in [-0.2, 0) is 4.79 Å². The van der Waals surface area contributed by atoms with Crippen LogP contribution in [0.4, 0.5) is 5.88 Å². The largest absolute Gasteiger partial charge is 0.444 e. The first kappa shape index (κ1) is 25.3. The molecule has 0 spiro atoms. The smallest absolute Gasteiger partial charge is 0.226 e. The third kappa shape index (κ3) is 11.1. The van der Waals surface area contributed by atoms with Crippen LogP contribution in [0.2, 0.25) is 0 Å². The summed E-state index contributed by atoms with van der Waals surface area (Å²) in [5.74, 6) is 0.919. The fourth-order valence-corrected chi connectivity index (χ4v) is 3.70. The van der Waals surface area contributed by atoms with E-state index in [-0.39, 0.29) is 5.91 Å². The highest BCUT2D eigenvalue weighted by molar-refractivity contribution is 5.90. The molecule has 0 atom stereocenters. The van der Waals surface area contributed by atoms with E-state index in [9.17, 15) is 10.1 Å². The lowest BCUT2D eigenvalue weighted by Gasteiger charge is -2.04. The Balaban J connectivity index is 1.93. The van der Waals surface area contributed by atoms with E-state index in [2.05, 4.69) is 18.3 Å². The predicted molar refractivity (Wildman–Crippen MR) is 121 cm³/mol. The van der Waals surface area contributed by atoms with Crippen LogP contribution in [0, 0.1) is 25.2 Å². The van der Waals surface area contributed by atoms with Crippen LogP contribution in [0.3, 0.4) is 0 Å². The number of nitrogens with one attached hydrogen (secondary N) is 1. The van der Waals surface area contributed by atoms with Crippen molar-refractivity contribution in [2.75, 3.05) is 5.32 Å². The molecule has 1 heterocycles. The average Bonchev–Trinajstić information content (AvgIpc) is 2.97. The second-order valence-electron chi connectivity index (χ2n) is 8.35. The molecule has 0 aliphatic heterocycles. The molecule has 0 fully saturated rings. The second-order valence-corrected chi connectivity index (χ2v) is 8.35. The van der Waals surface area contributed by atoms with E-state index >= 15 is 0 Å². The number of nitriles is 1. The lowest BCUT2D eigenvalue weighted by Crippen LogP contribution is -2.11. The zero-order chi connectivity index (χ0) is 21.3. The molecule has 0 saturated heterocycles. The molecule has 0 aromatic carbocycles. The molecule has 1 aromatic rings. The zero-order valence-corrected chi connectivity index (χ0v) is 19.1. The molecule has 4 nitrogen and oxygen atoms in total. The van der Waals surface area contributed by atoms with Crippen molar-refractivity contribution in [3.05, 3.63) is 16.9 Å². The number of nitrogens with zero attached hydrogens (tertiary/aromatic N) is 1. The minimum atomic E-state index is -0.0649. The van der Waals surface area contributed by atoms with Crippen molar-refractivity contribution in [1.29, 1.82) is 5.26 Å². The number of amides is 1. The summed E-state index contributed by atoms with van der Waals surface area (Å²) in [4.78, 5) is 12.1. The summed E-state index contributed by atoms with van der Waals surface area (Å²) in [6.07, 6.45) is 20.2. The molecule has 164 valence electrons. The summed E-state index contributed by atoms with van der Waals surface area (Å²) in [6, 6.07) is 2.10. The van der Waals surface area contributed by atoms with Crippen molar-refractivity contribution < 1.29 is 9.21 Å². The normalized spacial score (nSPS) is 10.8. The molecule has 0 bridgehead atoms. The topological polar surface area (TPSA) is 66.0 Å². The standard InChI is InChI=1S/C25H42N2O2/c1-4-5-6-7-8-9-10-11-12-13-14-15-16-17-18-19-24(28)27-25-23(20-26)21(2)22(3)29-25/h4-19H2,1-3H3,(H,27,28). The fourth-order valence-electron chi connectivity index (χ4n) is 3.70. The number of furan rings is 1. The van der Waals surface area contributed by atoms with Gasteiger partial charge in [-0.05, 0) is 20.3 Å². The zero-order valence-electron chi connectivity index (χ0n) is 19.1. The SMILES string of the molecule is CCCCCCCCCCCCCCCCCC(=O)Nc1oc(C)c(C)c1C#N. The summed E-state index contributed by atoms with van der Waals surface area (Å²) in [5, 5.41) is 11.9. The van der Waals surface area contributed by atoms with Gasteiger partial charge in [-0.25, -0.2) is 0 Å². The first-order chi connectivity index (χ1) is 14.1. The van der Waals surface area contributed by atoms with Crippen molar-refractivity contribution in [2.24, 2.45) is 0 Å². The Morgan fingerprint density at radius 2 is 1.28 bits per heavy atom. The number of carbonyl (C=O) groups excluding carboxylic acids is 1. The van der Waals surface area contributed by atoms with E-state index in [4.69, 9.17) is 4.42 Å². The van der Waals surface area contributed by atoms with Crippen LogP contribution < -0.4 is 5.32 Å². The maximum Gasteiger partial charge on any atom is 0.226 e. The van der Waals surface area contributed by atoms with E-state index in [1.54, 1.807) is 6.92 Å². The minimum absolute atomic E-state index is 0.0649. The molecule has 1 N–H and O–H groups in total. The highest BCUT2D eigenvalue weighted by Crippen LogP contribution is 2.25. The second kappa shape index (κ2) is 16.1. The van der Waals surface area contributed by atoms with Crippen LogP contribution in [0.15, 0.2) is 4.42 Å². The minimum Gasteiger partial charge on any atom is -0.444 e. The first-order valence-corrected chi connectivity index (χ1v) is 11.9. The molecule has 1 rings (SSSR count). The van der Waals surface area contributed by atoms with Gasteiger partial charge in [0.25, 0.3) is 0 Å². The van der Waals surface area contributed by atoms with Gasteiger partial charge in [0.05, 0.1) is 0 Å². The van der Waals surface area contributed by atoms with Crippen LogP contribution in [0.1, 0.15) is 127 Å². The molecule has 0 radical (unpaired) electrons. The van der Waals surface area contributed by atoms with E-state index in [0.29, 0.717) is 23.6 Å². The molecule has 4 heteroatoms. The number of aryl methyl sites for hydroxylation is 1. The summed E-state index contributed by atoms with van der Waals surface area (Å²) >= 11 is 0. The molecular formula is C25H42N2O2. The van der Waals surface area contributed by atoms with Gasteiger partial charge in [-0.3, -0.25) is 10.1 Å². The van der Waals surface area contributed by atoms with E-state index in [1.807, 2.05) is 6.92 Å². The van der Waals surface area contributed by atoms with Crippen molar-refractivity contribution in [2.45, 2.75) is 124 Å². The lowest BCUT2D eigenvalue weighted by molar-refractivity contribution is -0.116. The third-order valence-corrected chi connectivity index (χ3v) is 5.76.